The Hall–Kier alpha value is -2.88. The molecule has 30 heavy (non-hydrogen) atoms. The number of carbonyl (C=O) groups is 2. The maximum absolute atomic E-state index is 13.6. The van der Waals surface area contributed by atoms with Crippen LogP contribution in [0.1, 0.15) is 50.7 Å². The van der Waals surface area contributed by atoms with Gasteiger partial charge < -0.3 is 4.90 Å². The molecule has 0 bridgehead atoms. The van der Waals surface area contributed by atoms with E-state index in [1.807, 2.05) is 54.6 Å². The molecule has 2 aliphatic rings. The number of nitrogens with zero attached hydrogens (tertiary/aromatic N) is 2. The third-order valence-corrected chi connectivity index (χ3v) is 6.11. The standard InChI is InChI=1S/C26H30N2O2/c1-3-4-10-20-13-15-22(16-14-20)28-25(29)23(21-11-6-5-7-12-21)24(26(28)30)27-17-8-9-19(2)18-27/h5-7,11-16,19H,3-4,8-10,17-18H2,1-2H3. The molecule has 0 aromatic heterocycles. The predicted molar refractivity (Wildman–Crippen MR) is 121 cm³/mol. The maximum atomic E-state index is 13.6. The molecule has 0 N–H and O–H groups in total. The number of likely N-dealkylation sites (tertiary alicyclic amines) is 1. The van der Waals surface area contributed by atoms with Crippen molar-refractivity contribution in [3.05, 3.63) is 71.4 Å². The lowest BCUT2D eigenvalue weighted by Gasteiger charge is -2.33. The van der Waals surface area contributed by atoms with Crippen LogP contribution < -0.4 is 4.90 Å². The minimum Gasteiger partial charge on any atom is -0.366 e. The summed E-state index contributed by atoms with van der Waals surface area (Å²) in [4.78, 5) is 30.6. The van der Waals surface area contributed by atoms with E-state index in [1.165, 1.54) is 10.5 Å². The van der Waals surface area contributed by atoms with Gasteiger partial charge in [0.1, 0.15) is 5.70 Å². The average molecular weight is 403 g/mol. The number of unbranched alkanes of at least 4 members (excludes halogenated alkanes) is 1. The molecular weight excluding hydrogens is 372 g/mol. The van der Waals surface area contributed by atoms with E-state index >= 15 is 0 Å². The molecule has 2 aliphatic heterocycles. The molecule has 2 heterocycles. The molecule has 4 rings (SSSR count). The Balaban J connectivity index is 1.71. The fraction of sp³-hybridized carbons (Fsp3) is 0.385. The van der Waals surface area contributed by atoms with E-state index in [-0.39, 0.29) is 11.8 Å². The predicted octanol–water partition coefficient (Wildman–Crippen LogP) is 5.05. The molecule has 2 amide bonds. The van der Waals surface area contributed by atoms with Gasteiger partial charge in [0.15, 0.2) is 0 Å². The van der Waals surface area contributed by atoms with Crippen molar-refractivity contribution in [3.8, 4) is 0 Å². The highest BCUT2D eigenvalue weighted by atomic mass is 16.2. The van der Waals surface area contributed by atoms with Gasteiger partial charge in [-0.05, 0) is 54.9 Å². The second-order valence-corrected chi connectivity index (χ2v) is 8.50. The van der Waals surface area contributed by atoms with Crippen LogP contribution in [-0.4, -0.2) is 29.8 Å². The van der Waals surface area contributed by atoms with Gasteiger partial charge in [-0.2, -0.15) is 0 Å². The minimum absolute atomic E-state index is 0.200. The van der Waals surface area contributed by atoms with Gasteiger partial charge in [-0.15, -0.1) is 0 Å². The van der Waals surface area contributed by atoms with Crippen LogP contribution in [0.2, 0.25) is 0 Å². The van der Waals surface area contributed by atoms with Gasteiger partial charge in [0.05, 0.1) is 11.3 Å². The lowest BCUT2D eigenvalue weighted by atomic mass is 9.98. The van der Waals surface area contributed by atoms with Crippen LogP contribution in [0.4, 0.5) is 5.69 Å². The summed E-state index contributed by atoms with van der Waals surface area (Å²) in [5, 5.41) is 0. The number of hydrogen-bond donors (Lipinski definition) is 0. The van der Waals surface area contributed by atoms with E-state index < -0.39 is 0 Å². The fourth-order valence-corrected chi connectivity index (χ4v) is 4.50. The van der Waals surface area contributed by atoms with Gasteiger partial charge >= 0.3 is 0 Å². The summed E-state index contributed by atoms with van der Waals surface area (Å²) in [5.74, 6) is 0.0908. The topological polar surface area (TPSA) is 40.6 Å². The van der Waals surface area contributed by atoms with Crippen molar-refractivity contribution in [3.63, 3.8) is 0 Å². The molecule has 0 radical (unpaired) electrons. The summed E-state index contributed by atoms with van der Waals surface area (Å²) in [6.07, 6.45) is 5.50. The highest BCUT2D eigenvalue weighted by Crippen LogP contribution is 2.36. The maximum Gasteiger partial charge on any atom is 0.282 e. The smallest absolute Gasteiger partial charge is 0.282 e. The molecule has 0 saturated carbocycles. The third-order valence-electron chi connectivity index (χ3n) is 6.11. The van der Waals surface area contributed by atoms with Gasteiger partial charge in [-0.1, -0.05) is 62.7 Å². The van der Waals surface area contributed by atoms with Crippen LogP contribution in [0.25, 0.3) is 5.57 Å². The van der Waals surface area contributed by atoms with Crippen LogP contribution in [0, 0.1) is 5.92 Å². The minimum atomic E-state index is -0.222. The summed E-state index contributed by atoms with van der Waals surface area (Å²) in [6.45, 7) is 6.02. The normalized spacial score (nSPS) is 19.7. The number of hydrogen-bond acceptors (Lipinski definition) is 3. The van der Waals surface area contributed by atoms with Crippen molar-refractivity contribution in [2.24, 2.45) is 5.92 Å². The second-order valence-electron chi connectivity index (χ2n) is 8.50. The van der Waals surface area contributed by atoms with Crippen LogP contribution in [-0.2, 0) is 16.0 Å². The first-order chi connectivity index (χ1) is 14.6. The van der Waals surface area contributed by atoms with Gasteiger partial charge in [0, 0.05) is 13.1 Å². The monoisotopic (exact) mass is 402 g/mol. The number of rotatable bonds is 6. The first kappa shape index (κ1) is 20.4. The molecule has 4 nitrogen and oxygen atoms in total. The second kappa shape index (κ2) is 8.86. The van der Waals surface area contributed by atoms with Gasteiger partial charge in [-0.25, -0.2) is 4.90 Å². The Bertz CT molecular complexity index is 947. The summed E-state index contributed by atoms with van der Waals surface area (Å²) in [7, 11) is 0. The number of amides is 2. The van der Waals surface area contributed by atoms with Crippen molar-refractivity contribution in [1.29, 1.82) is 0 Å². The molecule has 0 aliphatic carbocycles. The quantitative estimate of drug-likeness (QED) is 0.635. The molecule has 1 unspecified atom stereocenters. The Morgan fingerprint density at radius 3 is 2.37 bits per heavy atom. The number of anilines is 1. The number of benzene rings is 2. The van der Waals surface area contributed by atoms with Crippen LogP contribution >= 0.6 is 0 Å². The Morgan fingerprint density at radius 2 is 1.70 bits per heavy atom. The van der Waals surface area contributed by atoms with Crippen molar-refractivity contribution in [2.45, 2.75) is 46.0 Å². The van der Waals surface area contributed by atoms with E-state index in [0.717, 1.165) is 50.8 Å². The van der Waals surface area contributed by atoms with E-state index in [0.29, 0.717) is 22.9 Å². The summed E-state index contributed by atoms with van der Waals surface area (Å²) < 4.78 is 0. The number of carbonyl (C=O) groups excluding carboxylic acids is 2. The SMILES string of the molecule is CCCCc1ccc(N2C(=O)C(c3ccccc3)=C(N3CCCC(C)C3)C2=O)cc1. The van der Waals surface area contributed by atoms with Crippen molar-refractivity contribution in [2.75, 3.05) is 18.0 Å². The Kier molecular flexibility index (Phi) is 6.03. The number of imide groups is 1. The molecule has 0 spiro atoms. The lowest BCUT2D eigenvalue weighted by molar-refractivity contribution is -0.120. The van der Waals surface area contributed by atoms with Crippen LogP contribution in [0.3, 0.4) is 0 Å². The first-order valence-corrected chi connectivity index (χ1v) is 11.1. The molecule has 1 atom stereocenters. The van der Waals surface area contributed by atoms with Gasteiger partial charge in [0.25, 0.3) is 11.8 Å². The Labute approximate surface area is 179 Å². The van der Waals surface area contributed by atoms with Gasteiger partial charge in [0.2, 0.25) is 0 Å². The van der Waals surface area contributed by atoms with E-state index in [1.54, 1.807) is 0 Å². The Morgan fingerprint density at radius 1 is 0.967 bits per heavy atom. The lowest BCUT2D eigenvalue weighted by Crippen LogP contribution is -2.39. The molecule has 1 fully saturated rings. The van der Waals surface area contributed by atoms with E-state index in [9.17, 15) is 9.59 Å². The highest BCUT2D eigenvalue weighted by molar-refractivity contribution is 6.45. The largest absolute Gasteiger partial charge is 0.366 e. The van der Waals surface area contributed by atoms with Crippen molar-refractivity contribution < 1.29 is 9.59 Å². The average Bonchev–Trinajstić information content (AvgIpc) is 3.03. The molecule has 156 valence electrons. The molecule has 2 aromatic carbocycles. The number of aryl methyl sites for hydroxylation is 1. The van der Waals surface area contributed by atoms with Gasteiger partial charge in [-0.3, -0.25) is 9.59 Å². The third kappa shape index (κ3) is 3.91. The summed E-state index contributed by atoms with van der Waals surface area (Å²) in [6, 6.07) is 17.5. The van der Waals surface area contributed by atoms with Crippen LogP contribution in [0.5, 0.6) is 0 Å². The summed E-state index contributed by atoms with van der Waals surface area (Å²) in [5.41, 5.74) is 3.79. The summed E-state index contributed by atoms with van der Waals surface area (Å²) >= 11 is 0. The van der Waals surface area contributed by atoms with Crippen LogP contribution in [0.15, 0.2) is 60.3 Å². The zero-order valence-electron chi connectivity index (χ0n) is 17.9. The first-order valence-electron chi connectivity index (χ1n) is 11.1. The van der Waals surface area contributed by atoms with E-state index in [2.05, 4.69) is 18.7 Å². The van der Waals surface area contributed by atoms with Crippen molar-refractivity contribution >= 4 is 23.1 Å². The fourth-order valence-electron chi connectivity index (χ4n) is 4.50. The van der Waals surface area contributed by atoms with Crippen molar-refractivity contribution in [1.82, 2.24) is 4.90 Å². The number of piperidine rings is 1. The molecule has 2 aromatic rings. The zero-order valence-corrected chi connectivity index (χ0v) is 17.9. The molecule has 4 heteroatoms. The highest BCUT2D eigenvalue weighted by Gasteiger charge is 2.43. The van der Waals surface area contributed by atoms with E-state index in [4.69, 9.17) is 0 Å². The molecule has 1 saturated heterocycles. The zero-order chi connectivity index (χ0) is 21.1. The molecular formula is C26H30N2O2.